The van der Waals surface area contributed by atoms with Crippen LogP contribution in [-0.2, 0) is 11.3 Å². The molecule has 0 heterocycles. The number of carboxylic acids is 1. The molecule has 1 N–H and O–H groups in total. The summed E-state index contributed by atoms with van der Waals surface area (Å²) in [6, 6.07) is 9.53. The maximum Gasteiger partial charge on any atom is 0.331 e. The fourth-order valence-corrected chi connectivity index (χ4v) is 1.76. The fraction of sp³-hybridized carbons (Fsp3) is 0.333. The smallest absolute Gasteiger partial charge is 0.331 e. The number of nitriles is 1. The SMILES string of the molecule is CCC(=CCN(C)Cc1cccc(C#N)c1)C(=O)O. The number of hydrogen-bond acceptors (Lipinski definition) is 3. The summed E-state index contributed by atoms with van der Waals surface area (Å²) in [5, 5.41) is 17.7. The molecule has 0 aliphatic carbocycles. The van der Waals surface area contributed by atoms with Crippen molar-refractivity contribution in [2.45, 2.75) is 19.9 Å². The molecule has 0 aromatic heterocycles. The molecule has 0 atom stereocenters. The molecule has 0 bridgehead atoms. The summed E-state index contributed by atoms with van der Waals surface area (Å²) in [5.74, 6) is -0.859. The number of likely N-dealkylation sites (N-methyl/N-ethyl adjacent to an activating group) is 1. The van der Waals surface area contributed by atoms with Crippen molar-refractivity contribution < 1.29 is 9.90 Å². The predicted molar refractivity (Wildman–Crippen MR) is 73.5 cm³/mol. The molecule has 0 spiro atoms. The maximum atomic E-state index is 10.9. The van der Waals surface area contributed by atoms with Crippen LogP contribution in [0.3, 0.4) is 0 Å². The first-order chi connectivity index (χ1) is 9.06. The number of carbonyl (C=O) groups is 1. The van der Waals surface area contributed by atoms with Gasteiger partial charge < -0.3 is 5.11 Å². The Morgan fingerprint density at radius 3 is 2.84 bits per heavy atom. The molecule has 4 heteroatoms. The highest BCUT2D eigenvalue weighted by molar-refractivity contribution is 5.86. The van der Waals surface area contributed by atoms with E-state index in [0.29, 0.717) is 30.6 Å². The van der Waals surface area contributed by atoms with Gasteiger partial charge in [-0.3, -0.25) is 4.90 Å². The molecule has 0 amide bonds. The van der Waals surface area contributed by atoms with Gasteiger partial charge in [0, 0.05) is 18.7 Å². The molecule has 0 saturated heterocycles. The predicted octanol–water partition coefficient (Wildman–Crippen LogP) is 2.41. The largest absolute Gasteiger partial charge is 0.478 e. The molecule has 100 valence electrons. The number of benzene rings is 1. The van der Waals surface area contributed by atoms with Gasteiger partial charge in [-0.1, -0.05) is 25.1 Å². The Morgan fingerprint density at radius 2 is 2.26 bits per heavy atom. The second-order valence-electron chi connectivity index (χ2n) is 4.40. The fourth-order valence-electron chi connectivity index (χ4n) is 1.76. The van der Waals surface area contributed by atoms with Crippen LogP contribution in [0.25, 0.3) is 0 Å². The summed E-state index contributed by atoms with van der Waals surface area (Å²) in [4.78, 5) is 12.9. The number of rotatable bonds is 6. The zero-order chi connectivity index (χ0) is 14.3. The van der Waals surface area contributed by atoms with Gasteiger partial charge in [0.1, 0.15) is 0 Å². The zero-order valence-corrected chi connectivity index (χ0v) is 11.3. The number of nitrogens with zero attached hydrogens (tertiary/aromatic N) is 2. The van der Waals surface area contributed by atoms with Gasteiger partial charge in [0.2, 0.25) is 0 Å². The number of carboxylic acid groups (broad SMARTS) is 1. The minimum Gasteiger partial charge on any atom is -0.478 e. The van der Waals surface area contributed by atoms with Gasteiger partial charge in [-0.2, -0.15) is 5.26 Å². The standard InChI is InChI=1S/C15H18N2O2/c1-3-14(15(18)19)7-8-17(2)11-13-6-4-5-12(9-13)10-16/h4-7,9H,3,8,11H2,1-2H3,(H,18,19). The Morgan fingerprint density at radius 1 is 1.53 bits per heavy atom. The highest BCUT2D eigenvalue weighted by Crippen LogP contribution is 2.07. The van der Waals surface area contributed by atoms with Gasteiger partial charge in [-0.05, 0) is 31.2 Å². The van der Waals surface area contributed by atoms with Crippen molar-refractivity contribution in [3.63, 3.8) is 0 Å². The van der Waals surface area contributed by atoms with Gasteiger partial charge in [0.25, 0.3) is 0 Å². The van der Waals surface area contributed by atoms with E-state index in [1.165, 1.54) is 0 Å². The van der Waals surface area contributed by atoms with Gasteiger partial charge in [0.15, 0.2) is 0 Å². The van der Waals surface area contributed by atoms with Crippen LogP contribution in [0.5, 0.6) is 0 Å². The molecule has 0 unspecified atom stereocenters. The zero-order valence-electron chi connectivity index (χ0n) is 11.3. The molecule has 0 radical (unpaired) electrons. The highest BCUT2D eigenvalue weighted by Gasteiger charge is 2.05. The van der Waals surface area contributed by atoms with Crippen LogP contribution in [0.2, 0.25) is 0 Å². The van der Waals surface area contributed by atoms with E-state index in [0.717, 1.165) is 5.56 Å². The van der Waals surface area contributed by atoms with Gasteiger partial charge >= 0.3 is 5.97 Å². The van der Waals surface area contributed by atoms with Crippen LogP contribution < -0.4 is 0 Å². The van der Waals surface area contributed by atoms with E-state index in [9.17, 15) is 4.79 Å². The van der Waals surface area contributed by atoms with Crippen LogP contribution in [0.4, 0.5) is 0 Å². The van der Waals surface area contributed by atoms with E-state index in [1.54, 1.807) is 12.1 Å². The topological polar surface area (TPSA) is 64.3 Å². The van der Waals surface area contributed by atoms with Gasteiger partial charge in [-0.25, -0.2) is 4.79 Å². The molecular formula is C15H18N2O2. The van der Waals surface area contributed by atoms with Crippen molar-refractivity contribution in [3.05, 3.63) is 47.0 Å². The van der Waals surface area contributed by atoms with E-state index in [1.807, 2.05) is 37.1 Å². The van der Waals surface area contributed by atoms with Crippen molar-refractivity contribution in [2.75, 3.05) is 13.6 Å². The molecule has 19 heavy (non-hydrogen) atoms. The first-order valence-corrected chi connectivity index (χ1v) is 6.16. The van der Waals surface area contributed by atoms with E-state index in [-0.39, 0.29) is 0 Å². The maximum absolute atomic E-state index is 10.9. The lowest BCUT2D eigenvalue weighted by Crippen LogP contribution is -2.18. The average Bonchev–Trinajstić information content (AvgIpc) is 2.39. The highest BCUT2D eigenvalue weighted by atomic mass is 16.4. The lowest BCUT2D eigenvalue weighted by molar-refractivity contribution is -0.132. The average molecular weight is 258 g/mol. The van der Waals surface area contributed by atoms with Crippen LogP contribution >= 0.6 is 0 Å². The first-order valence-electron chi connectivity index (χ1n) is 6.16. The first kappa shape index (κ1) is 14.9. The Bertz CT molecular complexity index is 515. The molecule has 1 aromatic rings. The normalized spacial score (nSPS) is 11.4. The number of aliphatic carboxylic acids is 1. The minimum absolute atomic E-state index is 0.428. The Balaban J connectivity index is 2.62. The second-order valence-corrected chi connectivity index (χ2v) is 4.40. The van der Waals surface area contributed by atoms with E-state index in [4.69, 9.17) is 10.4 Å². The molecule has 0 aliphatic heterocycles. The summed E-state index contributed by atoms with van der Waals surface area (Å²) in [6.07, 6.45) is 2.25. The van der Waals surface area contributed by atoms with Crippen molar-refractivity contribution in [1.82, 2.24) is 4.90 Å². The summed E-state index contributed by atoms with van der Waals surface area (Å²) in [6.45, 7) is 3.09. The summed E-state index contributed by atoms with van der Waals surface area (Å²) >= 11 is 0. The van der Waals surface area contributed by atoms with Gasteiger partial charge in [0.05, 0.1) is 11.6 Å². The summed E-state index contributed by atoms with van der Waals surface area (Å²) < 4.78 is 0. The molecule has 1 rings (SSSR count). The Hall–Kier alpha value is -2.12. The molecule has 0 fully saturated rings. The molecular weight excluding hydrogens is 240 g/mol. The van der Waals surface area contributed by atoms with Crippen LogP contribution in [0.1, 0.15) is 24.5 Å². The Kier molecular flexibility index (Phi) is 5.77. The van der Waals surface area contributed by atoms with Crippen molar-refractivity contribution >= 4 is 5.97 Å². The van der Waals surface area contributed by atoms with Crippen molar-refractivity contribution in [3.8, 4) is 6.07 Å². The third-order valence-electron chi connectivity index (χ3n) is 2.81. The second kappa shape index (κ2) is 7.34. The third kappa shape index (κ3) is 4.94. The molecule has 1 aromatic carbocycles. The molecule has 0 aliphatic rings. The lowest BCUT2D eigenvalue weighted by Gasteiger charge is -2.15. The van der Waals surface area contributed by atoms with E-state index in [2.05, 4.69) is 6.07 Å². The van der Waals surface area contributed by atoms with Gasteiger partial charge in [-0.15, -0.1) is 0 Å². The third-order valence-corrected chi connectivity index (χ3v) is 2.81. The minimum atomic E-state index is -0.859. The summed E-state index contributed by atoms with van der Waals surface area (Å²) in [5.41, 5.74) is 2.11. The van der Waals surface area contributed by atoms with Crippen LogP contribution in [0, 0.1) is 11.3 Å². The molecule has 4 nitrogen and oxygen atoms in total. The quantitative estimate of drug-likeness (QED) is 0.796. The number of hydrogen-bond donors (Lipinski definition) is 1. The Labute approximate surface area is 113 Å². The van der Waals surface area contributed by atoms with Crippen molar-refractivity contribution in [1.29, 1.82) is 5.26 Å². The van der Waals surface area contributed by atoms with E-state index >= 15 is 0 Å². The van der Waals surface area contributed by atoms with Crippen LogP contribution in [0.15, 0.2) is 35.9 Å². The van der Waals surface area contributed by atoms with Crippen LogP contribution in [-0.4, -0.2) is 29.6 Å². The van der Waals surface area contributed by atoms with E-state index < -0.39 is 5.97 Å². The monoisotopic (exact) mass is 258 g/mol. The molecule has 0 saturated carbocycles. The lowest BCUT2D eigenvalue weighted by atomic mass is 10.1. The van der Waals surface area contributed by atoms with Crippen molar-refractivity contribution in [2.24, 2.45) is 0 Å². The summed E-state index contributed by atoms with van der Waals surface area (Å²) in [7, 11) is 1.92.